The molecule has 0 spiro atoms. The van der Waals surface area contributed by atoms with Gasteiger partial charge >= 0.3 is 0 Å². The summed E-state index contributed by atoms with van der Waals surface area (Å²) in [5, 5.41) is 0. The van der Waals surface area contributed by atoms with Crippen LogP contribution < -0.4 is 0 Å². The van der Waals surface area contributed by atoms with Crippen molar-refractivity contribution >= 4 is 5.57 Å². The molecule has 18 heavy (non-hydrogen) atoms. The molecule has 0 N–H and O–H groups in total. The van der Waals surface area contributed by atoms with Crippen LogP contribution in [-0.4, -0.2) is 0 Å². The molecule has 0 bridgehead atoms. The quantitative estimate of drug-likeness (QED) is 0.611. The van der Waals surface area contributed by atoms with Gasteiger partial charge in [0, 0.05) is 5.92 Å². The van der Waals surface area contributed by atoms with Crippen molar-refractivity contribution in [1.29, 1.82) is 0 Å². The van der Waals surface area contributed by atoms with Crippen LogP contribution in [0.3, 0.4) is 0 Å². The summed E-state index contributed by atoms with van der Waals surface area (Å²) in [6, 6.07) is 6.89. The molecular weight excluding hydrogens is 216 g/mol. The number of benzene rings is 1. The fourth-order valence-corrected chi connectivity index (χ4v) is 4.20. The van der Waals surface area contributed by atoms with Crippen molar-refractivity contribution in [2.75, 3.05) is 0 Å². The fraction of sp³-hybridized carbons (Fsp3) is 0.556. The van der Waals surface area contributed by atoms with Crippen LogP contribution >= 0.6 is 0 Å². The van der Waals surface area contributed by atoms with Gasteiger partial charge in [0.05, 0.1) is 0 Å². The van der Waals surface area contributed by atoms with Crippen molar-refractivity contribution in [2.45, 2.75) is 58.8 Å². The average molecular weight is 240 g/mol. The normalized spacial score (nSPS) is 24.5. The Labute approximate surface area is 111 Å². The summed E-state index contributed by atoms with van der Waals surface area (Å²) in [7, 11) is 0. The van der Waals surface area contributed by atoms with Crippen LogP contribution in [-0.2, 0) is 0 Å². The second-order valence-corrected chi connectivity index (χ2v) is 6.22. The summed E-state index contributed by atoms with van der Waals surface area (Å²) >= 11 is 0. The molecule has 1 saturated carbocycles. The van der Waals surface area contributed by atoms with E-state index in [-0.39, 0.29) is 0 Å². The molecule has 3 rings (SSSR count). The Morgan fingerprint density at radius 3 is 2.39 bits per heavy atom. The molecule has 2 aliphatic carbocycles. The van der Waals surface area contributed by atoms with Crippen molar-refractivity contribution in [3.8, 4) is 0 Å². The van der Waals surface area contributed by atoms with E-state index >= 15 is 0 Å². The summed E-state index contributed by atoms with van der Waals surface area (Å²) in [5.74, 6) is 1.62. The monoisotopic (exact) mass is 240 g/mol. The van der Waals surface area contributed by atoms with E-state index in [0.29, 0.717) is 0 Å². The van der Waals surface area contributed by atoms with Gasteiger partial charge < -0.3 is 0 Å². The van der Waals surface area contributed by atoms with Gasteiger partial charge in [0.25, 0.3) is 0 Å². The predicted octanol–water partition coefficient (Wildman–Crippen LogP) is 5.47. The van der Waals surface area contributed by atoms with E-state index in [2.05, 4.69) is 39.0 Å². The lowest BCUT2D eigenvalue weighted by Gasteiger charge is -2.29. The maximum Gasteiger partial charge on any atom is 0.00857 e. The maximum absolute atomic E-state index is 2.38. The molecule has 0 aromatic heterocycles. The zero-order valence-electron chi connectivity index (χ0n) is 11.9. The van der Waals surface area contributed by atoms with Gasteiger partial charge in [-0.2, -0.15) is 0 Å². The van der Waals surface area contributed by atoms with Crippen LogP contribution in [0.4, 0.5) is 0 Å². The van der Waals surface area contributed by atoms with Crippen LogP contribution in [0, 0.1) is 12.8 Å². The fourth-order valence-electron chi connectivity index (χ4n) is 4.20. The SMILES string of the molecule is CC1=C(C)C(C2CCCCC2)c2cccc(C)c21. The predicted molar refractivity (Wildman–Crippen MR) is 78.8 cm³/mol. The molecule has 1 unspecified atom stereocenters. The van der Waals surface area contributed by atoms with E-state index in [0.717, 1.165) is 11.8 Å². The number of rotatable bonds is 1. The highest BCUT2D eigenvalue weighted by Gasteiger charge is 2.33. The van der Waals surface area contributed by atoms with Crippen molar-refractivity contribution in [3.05, 3.63) is 40.5 Å². The van der Waals surface area contributed by atoms with Gasteiger partial charge in [-0.3, -0.25) is 0 Å². The lowest BCUT2D eigenvalue weighted by atomic mass is 9.75. The van der Waals surface area contributed by atoms with Gasteiger partial charge in [0.15, 0.2) is 0 Å². The summed E-state index contributed by atoms with van der Waals surface area (Å²) in [4.78, 5) is 0. The highest BCUT2D eigenvalue weighted by molar-refractivity contribution is 5.78. The molecule has 1 atom stereocenters. The first-order valence-corrected chi connectivity index (χ1v) is 7.47. The number of aryl methyl sites for hydroxylation is 1. The largest absolute Gasteiger partial charge is 0.0620 e. The standard InChI is InChI=1S/C18H24/c1-12-8-7-11-16-17(12)13(2)14(3)18(16)15-9-5-4-6-10-15/h7-8,11,15,18H,4-6,9-10H2,1-3H3. The number of hydrogen-bond acceptors (Lipinski definition) is 0. The van der Waals surface area contributed by atoms with Gasteiger partial charge in [0.1, 0.15) is 0 Å². The molecule has 0 saturated heterocycles. The van der Waals surface area contributed by atoms with Crippen molar-refractivity contribution < 1.29 is 0 Å². The highest BCUT2D eigenvalue weighted by atomic mass is 14.4. The molecule has 0 heterocycles. The minimum atomic E-state index is 0.722. The zero-order valence-corrected chi connectivity index (χ0v) is 11.9. The molecule has 2 aliphatic rings. The van der Waals surface area contributed by atoms with Crippen LogP contribution in [0.1, 0.15) is 68.6 Å². The van der Waals surface area contributed by atoms with Gasteiger partial charge in [-0.25, -0.2) is 0 Å². The summed E-state index contributed by atoms with van der Waals surface area (Å²) in [6.45, 7) is 6.96. The Kier molecular flexibility index (Phi) is 3.05. The Morgan fingerprint density at radius 1 is 0.944 bits per heavy atom. The van der Waals surface area contributed by atoms with Crippen LogP contribution in [0.15, 0.2) is 23.8 Å². The van der Waals surface area contributed by atoms with Gasteiger partial charge in [0.2, 0.25) is 0 Å². The van der Waals surface area contributed by atoms with Crippen LogP contribution in [0.2, 0.25) is 0 Å². The molecule has 96 valence electrons. The average Bonchev–Trinajstić information content (AvgIpc) is 2.64. The molecule has 0 radical (unpaired) electrons. The van der Waals surface area contributed by atoms with E-state index in [1.165, 1.54) is 37.7 Å². The van der Waals surface area contributed by atoms with E-state index in [4.69, 9.17) is 0 Å². The molecule has 0 heteroatoms. The maximum atomic E-state index is 2.38. The smallest absolute Gasteiger partial charge is 0.00857 e. The summed E-state index contributed by atoms with van der Waals surface area (Å²) in [6.07, 6.45) is 7.19. The second kappa shape index (κ2) is 4.57. The van der Waals surface area contributed by atoms with Gasteiger partial charge in [-0.05, 0) is 61.8 Å². The Balaban J connectivity index is 2.04. The first-order chi connectivity index (χ1) is 8.70. The Bertz CT molecular complexity index is 487. The molecule has 1 aromatic carbocycles. The topological polar surface area (TPSA) is 0 Å². The van der Waals surface area contributed by atoms with Crippen LogP contribution in [0.5, 0.6) is 0 Å². The van der Waals surface area contributed by atoms with E-state index in [1.54, 1.807) is 22.3 Å². The number of fused-ring (bicyclic) bond motifs is 1. The molecular formula is C18H24. The first kappa shape index (κ1) is 12.0. The number of allylic oxidation sites excluding steroid dienone is 2. The minimum absolute atomic E-state index is 0.722. The molecule has 0 nitrogen and oxygen atoms in total. The highest BCUT2D eigenvalue weighted by Crippen LogP contribution is 2.49. The molecule has 1 fully saturated rings. The second-order valence-electron chi connectivity index (χ2n) is 6.22. The van der Waals surface area contributed by atoms with Gasteiger partial charge in [-0.15, -0.1) is 0 Å². The number of hydrogen-bond donors (Lipinski definition) is 0. The third-order valence-electron chi connectivity index (χ3n) is 5.19. The summed E-state index contributed by atoms with van der Waals surface area (Å²) < 4.78 is 0. The zero-order chi connectivity index (χ0) is 12.7. The van der Waals surface area contributed by atoms with Crippen molar-refractivity contribution in [1.82, 2.24) is 0 Å². The van der Waals surface area contributed by atoms with Gasteiger partial charge in [-0.1, -0.05) is 43.0 Å². The van der Waals surface area contributed by atoms with Crippen molar-refractivity contribution in [3.63, 3.8) is 0 Å². The lowest BCUT2D eigenvalue weighted by Crippen LogP contribution is -2.16. The third-order valence-corrected chi connectivity index (χ3v) is 5.19. The van der Waals surface area contributed by atoms with Crippen molar-refractivity contribution in [2.24, 2.45) is 5.92 Å². The minimum Gasteiger partial charge on any atom is -0.0620 e. The van der Waals surface area contributed by atoms with E-state index in [1.807, 2.05) is 0 Å². The third kappa shape index (κ3) is 1.74. The Morgan fingerprint density at radius 2 is 1.67 bits per heavy atom. The molecule has 0 aliphatic heterocycles. The molecule has 0 amide bonds. The first-order valence-electron chi connectivity index (χ1n) is 7.47. The van der Waals surface area contributed by atoms with E-state index < -0.39 is 0 Å². The summed E-state index contributed by atoms with van der Waals surface area (Å²) in [5.41, 5.74) is 7.84. The lowest BCUT2D eigenvalue weighted by molar-refractivity contribution is 0.327. The molecule has 1 aromatic rings. The Hall–Kier alpha value is -1.04. The van der Waals surface area contributed by atoms with E-state index in [9.17, 15) is 0 Å². The van der Waals surface area contributed by atoms with Crippen LogP contribution in [0.25, 0.3) is 5.57 Å².